The molecule has 4 heteroatoms. The van der Waals surface area contributed by atoms with Crippen molar-refractivity contribution in [2.75, 3.05) is 31.4 Å². The number of benzene rings is 2. The van der Waals surface area contributed by atoms with Gasteiger partial charge in [0, 0.05) is 37.6 Å². The molecule has 0 radical (unpaired) electrons. The molecule has 2 rings (SSSR count). The second-order valence-corrected chi connectivity index (χ2v) is 5.20. The SMILES string of the molecule is COc1ccc(NC(C)c2ccc(N(C)C)cc2)cc1F. The zero-order valence-corrected chi connectivity index (χ0v) is 12.9. The first-order valence-corrected chi connectivity index (χ1v) is 6.88. The van der Waals surface area contributed by atoms with Gasteiger partial charge in [-0.3, -0.25) is 0 Å². The summed E-state index contributed by atoms with van der Waals surface area (Å²) >= 11 is 0. The van der Waals surface area contributed by atoms with Gasteiger partial charge >= 0.3 is 0 Å². The van der Waals surface area contributed by atoms with Crippen LogP contribution >= 0.6 is 0 Å². The van der Waals surface area contributed by atoms with Crippen molar-refractivity contribution in [3.8, 4) is 5.75 Å². The molecule has 0 fully saturated rings. The lowest BCUT2D eigenvalue weighted by Gasteiger charge is -2.18. The number of anilines is 2. The van der Waals surface area contributed by atoms with Gasteiger partial charge in [0.1, 0.15) is 0 Å². The Morgan fingerprint density at radius 2 is 1.76 bits per heavy atom. The molecule has 21 heavy (non-hydrogen) atoms. The van der Waals surface area contributed by atoms with E-state index >= 15 is 0 Å². The van der Waals surface area contributed by atoms with Crippen molar-refractivity contribution in [1.82, 2.24) is 0 Å². The first-order valence-electron chi connectivity index (χ1n) is 6.88. The fraction of sp³-hybridized carbons (Fsp3) is 0.294. The number of nitrogens with one attached hydrogen (secondary N) is 1. The van der Waals surface area contributed by atoms with Gasteiger partial charge in [-0.15, -0.1) is 0 Å². The van der Waals surface area contributed by atoms with Crippen molar-refractivity contribution < 1.29 is 9.13 Å². The van der Waals surface area contributed by atoms with Gasteiger partial charge in [0.25, 0.3) is 0 Å². The third-order valence-electron chi connectivity index (χ3n) is 3.44. The Kier molecular flexibility index (Phi) is 4.68. The lowest BCUT2D eigenvalue weighted by Crippen LogP contribution is -2.10. The molecule has 0 aliphatic carbocycles. The van der Waals surface area contributed by atoms with Crippen LogP contribution in [0.15, 0.2) is 42.5 Å². The van der Waals surface area contributed by atoms with E-state index < -0.39 is 0 Å². The average Bonchev–Trinajstić information content (AvgIpc) is 2.47. The van der Waals surface area contributed by atoms with E-state index in [2.05, 4.69) is 34.5 Å². The molecule has 1 atom stereocenters. The largest absolute Gasteiger partial charge is 0.494 e. The fourth-order valence-corrected chi connectivity index (χ4v) is 2.15. The van der Waals surface area contributed by atoms with E-state index in [1.165, 1.54) is 13.2 Å². The minimum Gasteiger partial charge on any atom is -0.494 e. The van der Waals surface area contributed by atoms with Crippen molar-refractivity contribution in [3.05, 3.63) is 53.8 Å². The third kappa shape index (κ3) is 3.66. The van der Waals surface area contributed by atoms with Crippen LogP contribution in [0, 0.1) is 5.82 Å². The van der Waals surface area contributed by atoms with Gasteiger partial charge in [0.15, 0.2) is 11.6 Å². The Hall–Kier alpha value is -2.23. The maximum atomic E-state index is 13.7. The second kappa shape index (κ2) is 6.48. The topological polar surface area (TPSA) is 24.5 Å². The summed E-state index contributed by atoms with van der Waals surface area (Å²) < 4.78 is 18.6. The quantitative estimate of drug-likeness (QED) is 0.897. The van der Waals surface area contributed by atoms with Crippen LogP contribution in [0.1, 0.15) is 18.5 Å². The van der Waals surface area contributed by atoms with Gasteiger partial charge < -0.3 is 15.0 Å². The molecule has 3 nitrogen and oxygen atoms in total. The van der Waals surface area contributed by atoms with Crippen LogP contribution in [0.25, 0.3) is 0 Å². The molecular formula is C17H21FN2O. The van der Waals surface area contributed by atoms with Crippen molar-refractivity contribution in [2.24, 2.45) is 0 Å². The van der Waals surface area contributed by atoms with Crippen LogP contribution in [0.3, 0.4) is 0 Å². The predicted molar refractivity (Wildman–Crippen MR) is 85.8 cm³/mol. The number of rotatable bonds is 5. The lowest BCUT2D eigenvalue weighted by atomic mass is 10.1. The van der Waals surface area contributed by atoms with Crippen LogP contribution in [-0.4, -0.2) is 21.2 Å². The van der Waals surface area contributed by atoms with Gasteiger partial charge in [-0.05, 0) is 36.8 Å². The summed E-state index contributed by atoms with van der Waals surface area (Å²) in [5.41, 5.74) is 3.04. The number of hydrogen-bond donors (Lipinski definition) is 1. The highest BCUT2D eigenvalue weighted by Gasteiger charge is 2.08. The zero-order chi connectivity index (χ0) is 15.4. The van der Waals surface area contributed by atoms with Crippen LogP contribution in [0.5, 0.6) is 5.75 Å². The Morgan fingerprint density at radius 1 is 1.10 bits per heavy atom. The number of nitrogens with zero attached hydrogens (tertiary/aromatic N) is 1. The van der Waals surface area contributed by atoms with E-state index in [4.69, 9.17) is 4.74 Å². The smallest absolute Gasteiger partial charge is 0.167 e. The molecule has 0 saturated heterocycles. The summed E-state index contributed by atoms with van der Waals surface area (Å²) in [5.74, 6) is -0.110. The molecule has 1 unspecified atom stereocenters. The highest BCUT2D eigenvalue weighted by Crippen LogP contribution is 2.25. The molecule has 0 heterocycles. The summed E-state index contributed by atoms with van der Waals surface area (Å²) in [6.45, 7) is 2.05. The Bertz CT molecular complexity index is 596. The Morgan fingerprint density at radius 3 is 2.29 bits per heavy atom. The van der Waals surface area contributed by atoms with Crippen molar-refractivity contribution in [3.63, 3.8) is 0 Å². The first-order chi connectivity index (χ1) is 10.0. The number of halogens is 1. The zero-order valence-electron chi connectivity index (χ0n) is 12.9. The highest BCUT2D eigenvalue weighted by atomic mass is 19.1. The molecule has 2 aromatic rings. The Labute approximate surface area is 125 Å². The predicted octanol–water partition coefficient (Wildman–Crippen LogP) is 4.07. The normalized spacial score (nSPS) is 11.9. The van der Waals surface area contributed by atoms with Crippen LogP contribution in [-0.2, 0) is 0 Å². The average molecular weight is 288 g/mol. The molecule has 0 aliphatic rings. The van der Waals surface area contributed by atoms with Gasteiger partial charge in [-0.2, -0.15) is 0 Å². The summed E-state index contributed by atoms with van der Waals surface area (Å²) in [4.78, 5) is 2.06. The molecule has 0 bridgehead atoms. The molecule has 0 aliphatic heterocycles. The maximum absolute atomic E-state index is 13.7. The number of ether oxygens (including phenoxy) is 1. The van der Waals surface area contributed by atoms with Gasteiger partial charge in [-0.1, -0.05) is 12.1 Å². The molecule has 0 aromatic heterocycles. The summed E-state index contributed by atoms with van der Waals surface area (Å²) in [7, 11) is 5.48. The van der Waals surface area contributed by atoms with Crippen molar-refractivity contribution in [1.29, 1.82) is 0 Å². The van der Waals surface area contributed by atoms with E-state index in [0.717, 1.165) is 16.9 Å². The van der Waals surface area contributed by atoms with E-state index in [0.29, 0.717) is 0 Å². The Balaban J connectivity index is 2.10. The summed E-state index contributed by atoms with van der Waals surface area (Å²) in [6.07, 6.45) is 0. The minimum atomic E-state index is -0.363. The third-order valence-corrected chi connectivity index (χ3v) is 3.44. The van der Waals surface area contributed by atoms with E-state index in [9.17, 15) is 4.39 Å². The van der Waals surface area contributed by atoms with E-state index in [1.54, 1.807) is 6.07 Å². The van der Waals surface area contributed by atoms with E-state index in [-0.39, 0.29) is 17.6 Å². The molecular weight excluding hydrogens is 267 g/mol. The standard InChI is InChI=1S/C17H21FN2O/c1-12(13-5-8-15(9-6-13)20(2)3)19-14-7-10-17(21-4)16(18)11-14/h5-12,19H,1-4H3. The molecule has 112 valence electrons. The van der Waals surface area contributed by atoms with Gasteiger partial charge in [0.2, 0.25) is 0 Å². The van der Waals surface area contributed by atoms with E-state index in [1.807, 2.05) is 27.1 Å². The summed E-state index contributed by atoms with van der Waals surface area (Å²) in [5, 5.41) is 3.29. The van der Waals surface area contributed by atoms with Crippen molar-refractivity contribution >= 4 is 11.4 Å². The highest BCUT2D eigenvalue weighted by molar-refractivity contribution is 5.51. The second-order valence-electron chi connectivity index (χ2n) is 5.20. The summed E-state index contributed by atoms with van der Waals surface area (Å²) in [6, 6.07) is 13.3. The van der Waals surface area contributed by atoms with Crippen LogP contribution in [0.2, 0.25) is 0 Å². The molecule has 0 amide bonds. The minimum absolute atomic E-state index is 0.0917. The number of methoxy groups -OCH3 is 1. The molecule has 1 N–H and O–H groups in total. The van der Waals surface area contributed by atoms with Crippen LogP contribution in [0.4, 0.5) is 15.8 Å². The van der Waals surface area contributed by atoms with Gasteiger partial charge in [-0.25, -0.2) is 4.39 Å². The van der Waals surface area contributed by atoms with Gasteiger partial charge in [0.05, 0.1) is 7.11 Å². The molecule has 2 aromatic carbocycles. The fourth-order valence-electron chi connectivity index (χ4n) is 2.15. The molecule has 0 saturated carbocycles. The van der Waals surface area contributed by atoms with Crippen molar-refractivity contribution in [2.45, 2.75) is 13.0 Å². The molecule has 0 spiro atoms. The number of hydrogen-bond acceptors (Lipinski definition) is 3. The first kappa shape index (κ1) is 15.2. The van der Waals surface area contributed by atoms with Crippen LogP contribution < -0.4 is 15.0 Å². The lowest BCUT2D eigenvalue weighted by molar-refractivity contribution is 0.386. The monoisotopic (exact) mass is 288 g/mol. The maximum Gasteiger partial charge on any atom is 0.167 e.